The van der Waals surface area contributed by atoms with Crippen LogP contribution < -0.4 is 0 Å². The first-order chi connectivity index (χ1) is 17.6. The number of hydrogen-bond donors (Lipinski definition) is 1. The Balaban J connectivity index is 1.44. The molecule has 2 heterocycles. The lowest BCUT2D eigenvalue weighted by Crippen LogP contribution is -2.04. The summed E-state index contributed by atoms with van der Waals surface area (Å²) < 4.78 is 84.1. The largest absolute Gasteiger partial charge is 0.440 e. The molecule has 9 heteroatoms. The number of halogens is 6. The van der Waals surface area contributed by atoms with Crippen molar-refractivity contribution in [3.63, 3.8) is 0 Å². The second-order valence-electron chi connectivity index (χ2n) is 8.65. The highest BCUT2D eigenvalue weighted by molar-refractivity contribution is 5.83. The van der Waals surface area contributed by atoms with Crippen LogP contribution in [0.15, 0.2) is 83.4 Å². The molecule has 0 aliphatic carbocycles. The summed E-state index contributed by atoms with van der Waals surface area (Å²) in [6.45, 7) is 0. The van der Waals surface area contributed by atoms with E-state index in [1.54, 1.807) is 0 Å². The molecule has 190 valence electrons. The molecule has 3 aromatic carbocycles. The Kier molecular flexibility index (Phi) is 6.31. The molecule has 1 N–H and O–H groups in total. The minimum absolute atomic E-state index is 0.204. The predicted molar refractivity (Wildman–Crippen MR) is 128 cm³/mol. The average molecular weight is 514 g/mol. The highest BCUT2D eigenvalue weighted by Gasteiger charge is 2.31. The number of aromatic nitrogens is 2. The number of rotatable bonds is 6. The van der Waals surface area contributed by atoms with Gasteiger partial charge >= 0.3 is 12.4 Å². The van der Waals surface area contributed by atoms with Crippen LogP contribution in [0, 0.1) is 0 Å². The zero-order chi connectivity index (χ0) is 26.2. The summed E-state index contributed by atoms with van der Waals surface area (Å²) in [5.41, 5.74) is 1.53. The van der Waals surface area contributed by atoms with E-state index in [-0.39, 0.29) is 11.5 Å². The van der Waals surface area contributed by atoms with Gasteiger partial charge in [-0.3, -0.25) is 0 Å². The number of nitrogens with zero attached hydrogens (tertiary/aromatic N) is 1. The Morgan fingerprint density at radius 3 is 1.92 bits per heavy atom. The number of aromatic amines is 1. The monoisotopic (exact) mass is 514 g/mol. The molecule has 0 radical (unpaired) electrons. The van der Waals surface area contributed by atoms with Crippen LogP contribution in [0.5, 0.6) is 0 Å². The van der Waals surface area contributed by atoms with Crippen molar-refractivity contribution in [1.29, 1.82) is 0 Å². The molecule has 0 saturated carbocycles. The minimum atomic E-state index is -4.50. The molecular weight excluding hydrogens is 494 g/mol. The maximum atomic E-state index is 13.0. The number of oxazole rings is 1. The van der Waals surface area contributed by atoms with Crippen molar-refractivity contribution in [2.45, 2.75) is 31.6 Å². The number of aryl methyl sites for hydroxylation is 2. The molecule has 3 nitrogen and oxygen atoms in total. The van der Waals surface area contributed by atoms with Crippen molar-refractivity contribution in [2.75, 3.05) is 0 Å². The lowest BCUT2D eigenvalue weighted by molar-refractivity contribution is -0.138. The van der Waals surface area contributed by atoms with Crippen LogP contribution in [0.3, 0.4) is 0 Å². The maximum Gasteiger partial charge on any atom is 0.416 e. The maximum absolute atomic E-state index is 13.0. The molecule has 0 atom stereocenters. The summed E-state index contributed by atoms with van der Waals surface area (Å²) in [7, 11) is 0. The van der Waals surface area contributed by atoms with E-state index in [9.17, 15) is 26.3 Å². The number of benzene rings is 3. The number of H-pyrrole nitrogens is 1. The van der Waals surface area contributed by atoms with Gasteiger partial charge in [0.2, 0.25) is 0 Å². The number of para-hydroxylation sites is 1. The fraction of sp³-hybridized carbons (Fsp3) is 0.179. The predicted octanol–water partition coefficient (Wildman–Crippen LogP) is 8.70. The van der Waals surface area contributed by atoms with E-state index in [1.165, 1.54) is 24.3 Å². The summed E-state index contributed by atoms with van der Waals surface area (Å²) in [5, 5.41) is 1.12. The van der Waals surface area contributed by atoms with Crippen molar-refractivity contribution in [2.24, 2.45) is 0 Å². The van der Waals surface area contributed by atoms with Gasteiger partial charge in [-0.2, -0.15) is 26.3 Å². The van der Waals surface area contributed by atoms with E-state index in [4.69, 9.17) is 4.42 Å². The zero-order valence-corrected chi connectivity index (χ0v) is 19.3. The Bertz CT molecular complexity index is 1430. The van der Waals surface area contributed by atoms with Gasteiger partial charge in [0, 0.05) is 34.6 Å². The molecule has 2 aromatic heterocycles. The normalized spacial score (nSPS) is 12.4. The van der Waals surface area contributed by atoms with Gasteiger partial charge in [0.05, 0.1) is 11.1 Å². The van der Waals surface area contributed by atoms with Crippen molar-refractivity contribution in [3.8, 4) is 22.6 Å². The molecule has 5 aromatic rings. The Hall–Kier alpha value is -4.01. The fourth-order valence-electron chi connectivity index (χ4n) is 4.26. The van der Waals surface area contributed by atoms with Crippen LogP contribution >= 0.6 is 0 Å². The third kappa shape index (κ3) is 5.26. The van der Waals surface area contributed by atoms with Gasteiger partial charge in [-0.1, -0.05) is 42.5 Å². The Labute approximate surface area is 207 Å². The second-order valence-corrected chi connectivity index (χ2v) is 8.65. The number of fused-ring (bicyclic) bond motifs is 1. The minimum Gasteiger partial charge on any atom is -0.440 e. The second kappa shape index (κ2) is 9.46. The Morgan fingerprint density at radius 1 is 0.703 bits per heavy atom. The molecular formula is C28H20F6N2O. The van der Waals surface area contributed by atoms with Crippen LogP contribution in [0.25, 0.3) is 33.5 Å². The fourth-order valence-corrected chi connectivity index (χ4v) is 4.26. The SMILES string of the molecule is FC(F)(F)c1ccc(-c2nc(CCCc3c[nH]c4ccccc34)oc2-c2ccc(C(F)(F)F)cc2)cc1. The summed E-state index contributed by atoms with van der Waals surface area (Å²) in [4.78, 5) is 7.75. The van der Waals surface area contributed by atoms with Gasteiger partial charge in [0.15, 0.2) is 11.7 Å². The topological polar surface area (TPSA) is 41.8 Å². The Morgan fingerprint density at radius 2 is 1.30 bits per heavy atom. The molecule has 0 spiro atoms. The average Bonchev–Trinajstić information content (AvgIpc) is 3.48. The quantitative estimate of drug-likeness (QED) is 0.230. The summed E-state index contributed by atoms with van der Waals surface area (Å²) in [5.74, 6) is 0.556. The van der Waals surface area contributed by atoms with Crippen molar-refractivity contribution >= 4 is 10.9 Å². The van der Waals surface area contributed by atoms with E-state index in [0.717, 1.165) is 47.2 Å². The van der Waals surface area contributed by atoms with Crippen LogP contribution in [-0.2, 0) is 25.2 Å². The first-order valence-corrected chi connectivity index (χ1v) is 11.5. The zero-order valence-electron chi connectivity index (χ0n) is 19.3. The van der Waals surface area contributed by atoms with Gasteiger partial charge < -0.3 is 9.40 Å². The van der Waals surface area contributed by atoms with Crippen LogP contribution in [0.4, 0.5) is 26.3 Å². The number of hydrogen-bond acceptors (Lipinski definition) is 2. The molecule has 0 bridgehead atoms. The van der Waals surface area contributed by atoms with Gasteiger partial charge in [-0.15, -0.1) is 0 Å². The van der Waals surface area contributed by atoms with Gasteiger partial charge in [0.1, 0.15) is 5.69 Å². The molecule has 37 heavy (non-hydrogen) atoms. The number of nitrogens with one attached hydrogen (secondary N) is 1. The summed E-state index contributed by atoms with van der Waals surface area (Å²) in [6, 6.07) is 16.8. The van der Waals surface area contributed by atoms with Gasteiger partial charge in [0.25, 0.3) is 0 Å². The van der Waals surface area contributed by atoms with Crippen molar-refractivity contribution < 1.29 is 30.8 Å². The highest BCUT2D eigenvalue weighted by atomic mass is 19.4. The number of alkyl halides is 6. The molecule has 0 amide bonds. The standard InChI is InChI=1S/C28H20F6N2O/c29-27(30,31)20-12-8-17(9-13-20)25-26(18-10-14-21(15-11-18)28(32,33)34)37-24(36-25)7-3-4-19-16-35-23-6-2-1-5-22(19)23/h1-2,5-6,8-16,35H,3-4,7H2. The van der Waals surface area contributed by atoms with Crippen LogP contribution in [-0.4, -0.2) is 9.97 Å². The molecule has 0 saturated heterocycles. The van der Waals surface area contributed by atoms with E-state index in [0.29, 0.717) is 29.9 Å². The summed E-state index contributed by atoms with van der Waals surface area (Å²) >= 11 is 0. The van der Waals surface area contributed by atoms with Crippen LogP contribution in [0.2, 0.25) is 0 Å². The molecule has 0 aliphatic rings. The molecule has 0 fully saturated rings. The van der Waals surface area contributed by atoms with E-state index >= 15 is 0 Å². The first-order valence-electron chi connectivity index (χ1n) is 11.5. The lowest BCUT2D eigenvalue weighted by Gasteiger charge is -2.08. The molecule has 0 unspecified atom stereocenters. The lowest BCUT2D eigenvalue weighted by atomic mass is 10.0. The third-order valence-electron chi connectivity index (χ3n) is 6.14. The van der Waals surface area contributed by atoms with E-state index in [1.807, 2.05) is 30.5 Å². The highest BCUT2D eigenvalue weighted by Crippen LogP contribution is 2.37. The van der Waals surface area contributed by atoms with Gasteiger partial charge in [-0.05, 0) is 48.7 Å². The van der Waals surface area contributed by atoms with E-state index in [2.05, 4.69) is 9.97 Å². The smallest absolute Gasteiger partial charge is 0.416 e. The van der Waals surface area contributed by atoms with Crippen LogP contribution in [0.1, 0.15) is 29.0 Å². The third-order valence-corrected chi connectivity index (χ3v) is 6.14. The van der Waals surface area contributed by atoms with Gasteiger partial charge in [-0.25, -0.2) is 4.98 Å². The molecule has 0 aliphatic heterocycles. The van der Waals surface area contributed by atoms with E-state index < -0.39 is 23.5 Å². The summed E-state index contributed by atoms with van der Waals surface area (Å²) in [6.07, 6.45) is -5.19. The van der Waals surface area contributed by atoms with Crippen molar-refractivity contribution in [1.82, 2.24) is 9.97 Å². The first kappa shape index (κ1) is 24.7. The van der Waals surface area contributed by atoms with Crippen molar-refractivity contribution in [3.05, 3.63) is 102 Å². The molecule has 5 rings (SSSR count).